The third-order valence-electron chi connectivity index (χ3n) is 7.23. The SMILES string of the molecule is [CH2-][N+]12Cc3cc(OC)c(OC)cc3N(Cc3cc4c(cc31)Oc1c(C#N)c(OC)c(OC)c(C#N)c1O4)C2. The normalized spacial score (nSPS) is 17.7. The summed E-state index contributed by atoms with van der Waals surface area (Å²) in [5.74, 6) is 2.66. The van der Waals surface area contributed by atoms with E-state index in [1.807, 2.05) is 24.3 Å². The van der Waals surface area contributed by atoms with E-state index in [0.717, 1.165) is 22.5 Å². The number of quaternary nitrogens is 1. The zero-order valence-electron chi connectivity index (χ0n) is 21.4. The molecule has 3 aliphatic rings. The van der Waals surface area contributed by atoms with Crippen molar-refractivity contribution in [2.24, 2.45) is 0 Å². The molecule has 38 heavy (non-hydrogen) atoms. The summed E-state index contributed by atoms with van der Waals surface area (Å²) in [6.45, 7) is 1.89. The van der Waals surface area contributed by atoms with Gasteiger partial charge in [-0.15, -0.1) is 7.05 Å². The minimum absolute atomic E-state index is 0.0827. The maximum atomic E-state index is 9.92. The molecule has 0 aromatic heterocycles. The Morgan fingerprint density at radius 1 is 0.816 bits per heavy atom. The zero-order valence-corrected chi connectivity index (χ0v) is 21.4. The predicted molar refractivity (Wildman–Crippen MR) is 137 cm³/mol. The molecule has 0 amide bonds. The highest BCUT2D eigenvalue weighted by Gasteiger charge is 2.41. The summed E-state index contributed by atoms with van der Waals surface area (Å²) < 4.78 is 34.7. The third kappa shape index (κ3) is 3.14. The zero-order chi connectivity index (χ0) is 26.8. The molecule has 10 nitrogen and oxygen atoms in total. The Balaban J connectivity index is 1.48. The average molecular weight is 513 g/mol. The first-order chi connectivity index (χ1) is 18.4. The maximum Gasteiger partial charge on any atom is 0.193 e. The molecule has 1 unspecified atom stereocenters. The van der Waals surface area contributed by atoms with Crippen LogP contribution in [0, 0.1) is 29.7 Å². The maximum absolute atomic E-state index is 9.92. The number of benzene rings is 3. The van der Waals surface area contributed by atoms with Gasteiger partial charge in [-0.3, -0.25) is 0 Å². The third-order valence-corrected chi connectivity index (χ3v) is 7.23. The molecule has 3 aliphatic heterocycles. The molecule has 0 fully saturated rings. The first-order valence-electron chi connectivity index (χ1n) is 11.8. The van der Waals surface area contributed by atoms with Crippen molar-refractivity contribution in [3.63, 3.8) is 0 Å². The van der Waals surface area contributed by atoms with E-state index in [-0.39, 0.29) is 34.1 Å². The highest BCUT2D eigenvalue weighted by atomic mass is 16.6. The van der Waals surface area contributed by atoms with Gasteiger partial charge in [0.1, 0.15) is 35.6 Å². The molecule has 0 saturated carbocycles. The second-order valence-electron chi connectivity index (χ2n) is 9.31. The van der Waals surface area contributed by atoms with Gasteiger partial charge in [-0.1, -0.05) is 0 Å². The van der Waals surface area contributed by atoms with E-state index in [1.54, 1.807) is 14.2 Å². The monoisotopic (exact) mass is 512 g/mol. The molecule has 3 heterocycles. The second-order valence-corrected chi connectivity index (χ2v) is 9.31. The Bertz CT molecular complexity index is 1610. The first kappa shape index (κ1) is 23.6. The number of nitriles is 2. The number of hydrogen-bond donors (Lipinski definition) is 0. The van der Waals surface area contributed by atoms with Crippen molar-refractivity contribution in [1.29, 1.82) is 10.5 Å². The Kier molecular flexibility index (Phi) is 5.20. The molecule has 6 rings (SSSR count). The van der Waals surface area contributed by atoms with Gasteiger partial charge in [0.05, 0.1) is 47.2 Å². The number of fused-ring (bicyclic) bond motifs is 8. The van der Waals surface area contributed by atoms with Crippen molar-refractivity contribution in [2.45, 2.75) is 13.1 Å². The summed E-state index contributed by atoms with van der Waals surface area (Å²) in [6, 6.07) is 12.0. The quantitative estimate of drug-likeness (QED) is 0.277. The van der Waals surface area contributed by atoms with E-state index in [1.165, 1.54) is 14.2 Å². The Hall–Kier alpha value is -4.80. The summed E-state index contributed by atoms with van der Waals surface area (Å²) in [6.07, 6.45) is 0. The lowest BCUT2D eigenvalue weighted by Crippen LogP contribution is -2.57. The van der Waals surface area contributed by atoms with Crippen LogP contribution in [0.5, 0.6) is 46.0 Å². The van der Waals surface area contributed by atoms with Gasteiger partial charge in [0.15, 0.2) is 46.0 Å². The molecule has 0 N–H and O–H groups in total. The highest BCUT2D eigenvalue weighted by Crippen LogP contribution is 2.57. The molecule has 2 bridgehead atoms. The van der Waals surface area contributed by atoms with Crippen molar-refractivity contribution >= 4 is 11.4 Å². The molecule has 3 aromatic carbocycles. The van der Waals surface area contributed by atoms with E-state index >= 15 is 0 Å². The second kappa shape index (κ2) is 8.37. The lowest BCUT2D eigenvalue weighted by Gasteiger charge is -2.54. The minimum atomic E-state index is 0.0827. The van der Waals surface area contributed by atoms with Crippen molar-refractivity contribution in [1.82, 2.24) is 4.48 Å². The van der Waals surface area contributed by atoms with Gasteiger partial charge in [-0.05, 0) is 12.1 Å². The summed E-state index contributed by atoms with van der Waals surface area (Å²) in [5.41, 5.74) is 4.32. The molecule has 1 atom stereocenters. The van der Waals surface area contributed by atoms with Crippen molar-refractivity contribution in [3.05, 3.63) is 53.6 Å². The number of methoxy groups -OCH3 is 4. The lowest BCUT2D eigenvalue weighted by molar-refractivity contribution is 0.305. The van der Waals surface area contributed by atoms with Gasteiger partial charge in [-0.2, -0.15) is 10.5 Å². The van der Waals surface area contributed by atoms with Crippen molar-refractivity contribution < 1.29 is 28.4 Å². The van der Waals surface area contributed by atoms with Crippen LogP contribution in [0.4, 0.5) is 11.4 Å². The van der Waals surface area contributed by atoms with E-state index in [2.05, 4.69) is 24.1 Å². The number of anilines is 1. The molecule has 0 radical (unpaired) electrons. The van der Waals surface area contributed by atoms with Crippen molar-refractivity contribution in [2.75, 3.05) is 40.0 Å². The van der Waals surface area contributed by atoms with Gasteiger partial charge in [-0.25, -0.2) is 0 Å². The fourth-order valence-electron chi connectivity index (χ4n) is 5.60. The van der Waals surface area contributed by atoms with Gasteiger partial charge in [0.25, 0.3) is 0 Å². The molecule has 0 saturated heterocycles. The van der Waals surface area contributed by atoms with Crippen LogP contribution in [0.25, 0.3) is 0 Å². The molecule has 0 spiro atoms. The summed E-state index contributed by atoms with van der Waals surface area (Å²) in [7, 11) is 10.6. The van der Waals surface area contributed by atoms with Crippen LogP contribution in [0.15, 0.2) is 24.3 Å². The van der Waals surface area contributed by atoms with Crippen LogP contribution in [0.3, 0.4) is 0 Å². The smallest absolute Gasteiger partial charge is 0.193 e. The van der Waals surface area contributed by atoms with E-state index < -0.39 is 0 Å². The Labute approximate surface area is 219 Å². The first-order valence-corrected chi connectivity index (χ1v) is 11.8. The summed E-state index contributed by atoms with van der Waals surface area (Å²) in [4.78, 5) is 2.25. The average Bonchev–Trinajstić information content (AvgIpc) is 2.93. The Morgan fingerprint density at radius 2 is 1.39 bits per heavy atom. The van der Waals surface area contributed by atoms with E-state index in [0.29, 0.717) is 47.2 Å². The van der Waals surface area contributed by atoms with Crippen molar-refractivity contribution in [3.8, 4) is 58.1 Å². The molecule has 0 aliphatic carbocycles. The largest absolute Gasteiger partial charge is 0.493 e. The van der Waals surface area contributed by atoms with Crippen LogP contribution in [-0.2, 0) is 13.1 Å². The van der Waals surface area contributed by atoms with Crippen LogP contribution >= 0.6 is 0 Å². The number of ether oxygens (including phenoxy) is 6. The minimum Gasteiger partial charge on any atom is -0.493 e. The predicted octanol–water partition coefficient (Wildman–Crippen LogP) is 4.95. The lowest BCUT2D eigenvalue weighted by atomic mass is 9.98. The number of rotatable bonds is 4. The van der Waals surface area contributed by atoms with Crippen LogP contribution in [0.1, 0.15) is 22.3 Å². The van der Waals surface area contributed by atoms with E-state index in [9.17, 15) is 10.5 Å². The molecule has 3 aromatic rings. The topological polar surface area (TPSA) is 106 Å². The molecule has 192 valence electrons. The molecule has 10 heteroatoms. The number of nitrogens with zero attached hydrogens (tertiary/aromatic N) is 4. The van der Waals surface area contributed by atoms with Gasteiger partial charge in [0, 0.05) is 23.3 Å². The fourth-order valence-corrected chi connectivity index (χ4v) is 5.60. The fraction of sp³-hybridized carbons (Fsp3) is 0.250. The Morgan fingerprint density at radius 3 is 1.95 bits per heavy atom. The highest BCUT2D eigenvalue weighted by molar-refractivity contribution is 5.78. The van der Waals surface area contributed by atoms with Crippen LogP contribution in [-0.4, -0.2) is 35.1 Å². The summed E-state index contributed by atoms with van der Waals surface area (Å²) >= 11 is 0. The van der Waals surface area contributed by atoms with Gasteiger partial charge < -0.3 is 37.8 Å². The molecular weight excluding hydrogens is 488 g/mol. The van der Waals surface area contributed by atoms with Crippen LogP contribution in [0.2, 0.25) is 0 Å². The summed E-state index contributed by atoms with van der Waals surface area (Å²) in [5, 5.41) is 19.8. The molecular formula is C28H24N4O6. The standard InChI is InChI=1S/C28H24N4O6/c1-32-13-16-7-21(33-2)22(34-3)8-19(16)31(14-32)12-15-6-23-24(9-20(15)32)38-28-18(11-30)26(36-5)25(35-4)17(10-29)27(28)37-23/h6-9H,1,12-14H2,2-5H3. The van der Waals surface area contributed by atoms with Crippen LogP contribution < -0.4 is 37.8 Å². The van der Waals surface area contributed by atoms with Gasteiger partial charge in [0.2, 0.25) is 0 Å². The number of hydrogen-bond acceptors (Lipinski definition) is 9. The van der Waals surface area contributed by atoms with E-state index in [4.69, 9.17) is 28.4 Å². The van der Waals surface area contributed by atoms with Gasteiger partial charge >= 0.3 is 0 Å².